The minimum atomic E-state index is -3.93. The van der Waals surface area contributed by atoms with Crippen molar-refractivity contribution in [2.45, 2.75) is 29.4 Å². The first kappa shape index (κ1) is 17.5. The van der Waals surface area contributed by atoms with Gasteiger partial charge in [-0.2, -0.15) is 0 Å². The van der Waals surface area contributed by atoms with Gasteiger partial charge >= 0.3 is 0 Å². The summed E-state index contributed by atoms with van der Waals surface area (Å²) in [6.07, 6.45) is 3.16. The van der Waals surface area contributed by atoms with E-state index in [2.05, 4.69) is 4.98 Å². The van der Waals surface area contributed by atoms with Crippen LogP contribution in [-0.4, -0.2) is 19.2 Å². The highest BCUT2D eigenvalue weighted by atomic mass is 32.2. The molecule has 2 heterocycles. The molecule has 2 aromatic carbocycles. The lowest BCUT2D eigenvalue weighted by molar-refractivity contribution is 0.548. The molecule has 26 heavy (non-hydrogen) atoms. The van der Waals surface area contributed by atoms with E-state index in [9.17, 15) is 8.42 Å². The quantitative estimate of drug-likeness (QED) is 0.742. The van der Waals surface area contributed by atoms with Crippen LogP contribution in [0, 0.1) is 0 Å². The lowest BCUT2D eigenvalue weighted by Crippen LogP contribution is -2.41. The molecule has 4 rings (SSSR count). The molecule has 0 saturated heterocycles. The number of aryl methyl sites for hydroxylation is 1. The highest BCUT2D eigenvalue weighted by molar-refractivity contribution is 7.99. The third-order valence-corrected chi connectivity index (χ3v) is 8.02. The van der Waals surface area contributed by atoms with Crippen LogP contribution in [0.4, 0.5) is 0 Å². The second-order valence-electron chi connectivity index (χ2n) is 6.49. The van der Waals surface area contributed by atoms with Crippen LogP contribution in [0.5, 0.6) is 0 Å². The van der Waals surface area contributed by atoms with Crippen LogP contribution < -0.4 is 5.14 Å². The van der Waals surface area contributed by atoms with Crippen LogP contribution >= 0.6 is 11.8 Å². The number of primary sulfonamides is 1. The zero-order valence-corrected chi connectivity index (χ0v) is 16.1. The lowest BCUT2D eigenvalue weighted by atomic mass is 9.84. The van der Waals surface area contributed by atoms with Crippen LogP contribution in [0.25, 0.3) is 10.9 Å². The van der Waals surface area contributed by atoms with E-state index in [1.807, 2.05) is 61.7 Å². The fourth-order valence-electron chi connectivity index (χ4n) is 4.04. The van der Waals surface area contributed by atoms with Crippen molar-refractivity contribution in [3.8, 4) is 0 Å². The maximum absolute atomic E-state index is 13.0. The number of aromatic nitrogens is 1. The first-order valence-electron chi connectivity index (χ1n) is 8.61. The number of hydrogen-bond acceptors (Lipinski definition) is 4. The Balaban J connectivity index is 2.16. The van der Waals surface area contributed by atoms with Gasteiger partial charge in [0.2, 0.25) is 10.0 Å². The van der Waals surface area contributed by atoms with Gasteiger partial charge in [0.1, 0.15) is 4.75 Å². The standard InChI is InChI=1S/C20H20N2O2S2/c1-2-20(26(21,23)24,14-7-4-3-5-8-14)16-9-6-10-17-19(16)15-11-12-25-18(15)13-22-17/h3-10,13H,2,11-12H2,1H3,(H2,21,23,24). The van der Waals surface area contributed by atoms with Gasteiger partial charge in [-0.25, -0.2) is 13.6 Å². The van der Waals surface area contributed by atoms with Gasteiger partial charge in [0.25, 0.3) is 0 Å². The highest BCUT2D eigenvalue weighted by Gasteiger charge is 2.45. The van der Waals surface area contributed by atoms with Crippen LogP contribution in [0.15, 0.2) is 59.6 Å². The molecule has 134 valence electrons. The molecule has 6 heteroatoms. The summed E-state index contributed by atoms with van der Waals surface area (Å²) in [5.41, 5.74) is 3.44. The summed E-state index contributed by atoms with van der Waals surface area (Å²) in [5.74, 6) is 0.990. The number of nitrogens with zero attached hydrogens (tertiary/aromatic N) is 1. The number of sulfonamides is 1. The molecule has 0 radical (unpaired) electrons. The van der Waals surface area contributed by atoms with Crippen molar-refractivity contribution in [1.29, 1.82) is 0 Å². The molecule has 1 atom stereocenters. The van der Waals surface area contributed by atoms with Crippen molar-refractivity contribution < 1.29 is 8.42 Å². The van der Waals surface area contributed by atoms with Gasteiger partial charge in [0, 0.05) is 22.2 Å². The molecule has 1 aliphatic rings. The molecule has 1 aromatic heterocycles. The predicted molar refractivity (Wildman–Crippen MR) is 107 cm³/mol. The van der Waals surface area contributed by atoms with E-state index in [1.165, 1.54) is 5.56 Å². The number of nitrogens with two attached hydrogens (primary N) is 1. The molecule has 0 bridgehead atoms. The van der Waals surface area contributed by atoms with Crippen LogP contribution in [0.2, 0.25) is 0 Å². The SMILES string of the molecule is CCC(c1ccccc1)(c1cccc2ncc3c(c12)CCS3)S(N)(=O)=O. The van der Waals surface area contributed by atoms with Gasteiger partial charge in [0.15, 0.2) is 0 Å². The fraction of sp³-hybridized carbons (Fsp3) is 0.250. The van der Waals surface area contributed by atoms with E-state index in [-0.39, 0.29) is 0 Å². The van der Waals surface area contributed by atoms with Crippen molar-refractivity contribution in [2.75, 3.05) is 5.75 Å². The highest BCUT2D eigenvalue weighted by Crippen LogP contribution is 2.45. The summed E-state index contributed by atoms with van der Waals surface area (Å²) in [6, 6.07) is 15.0. The van der Waals surface area contributed by atoms with Gasteiger partial charge < -0.3 is 0 Å². The summed E-state index contributed by atoms with van der Waals surface area (Å²) in [5, 5.41) is 6.81. The normalized spacial score (nSPS) is 16.4. The van der Waals surface area contributed by atoms with Crippen molar-refractivity contribution in [2.24, 2.45) is 5.14 Å². The molecule has 0 spiro atoms. The van der Waals surface area contributed by atoms with Crippen LogP contribution in [0.3, 0.4) is 0 Å². The smallest absolute Gasteiger partial charge is 0.223 e. The molecular weight excluding hydrogens is 364 g/mol. The summed E-state index contributed by atoms with van der Waals surface area (Å²) < 4.78 is 24.7. The van der Waals surface area contributed by atoms with Crippen molar-refractivity contribution in [1.82, 2.24) is 4.98 Å². The molecule has 2 N–H and O–H groups in total. The maximum Gasteiger partial charge on any atom is 0.223 e. The van der Waals surface area contributed by atoms with Crippen LogP contribution in [0.1, 0.15) is 30.0 Å². The Morgan fingerprint density at radius 2 is 1.92 bits per heavy atom. The van der Waals surface area contributed by atoms with E-state index in [4.69, 9.17) is 5.14 Å². The Morgan fingerprint density at radius 3 is 2.62 bits per heavy atom. The molecule has 0 saturated carbocycles. The van der Waals surface area contributed by atoms with Gasteiger partial charge in [0.05, 0.1) is 5.52 Å². The molecule has 4 nitrogen and oxygen atoms in total. The first-order chi connectivity index (χ1) is 12.5. The monoisotopic (exact) mass is 384 g/mol. The maximum atomic E-state index is 13.0. The fourth-order valence-corrected chi connectivity index (χ4v) is 6.42. The summed E-state index contributed by atoms with van der Waals surface area (Å²) in [6.45, 7) is 1.88. The average Bonchev–Trinajstić information content (AvgIpc) is 3.11. The zero-order valence-electron chi connectivity index (χ0n) is 14.5. The largest absolute Gasteiger partial charge is 0.255 e. The van der Waals surface area contributed by atoms with Crippen molar-refractivity contribution in [3.05, 3.63) is 71.4 Å². The summed E-state index contributed by atoms with van der Waals surface area (Å²) in [7, 11) is -3.93. The average molecular weight is 385 g/mol. The molecule has 0 fully saturated rings. The van der Waals surface area contributed by atoms with Gasteiger partial charge in [-0.05, 0) is 35.6 Å². The Hall–Kier alpha value is -1.89. The van der Waals surface area contributed by atoms with Gasteiger partial charge in [-0.15, -0.1) is 11.8 Å². The Morgan fingerprint density at radius 1 is 1.15 bits per heavy atom. The van der Waals surface area contributed by atoms with E-state index < -0.39 is 14.8 Å². The number of rotatable bonds is 4. The second kappa shape index (κ2) is 6.37. The number of pyridine rings is 1. The van der Waals surface area contributed by atoms with E-state index >= 15 is 0 Å². The van der Waals surface area contributed by atoms with Crippen molar-refractivity contribution >= 4 is 32.7 Å². The minimum absolute atomic E-state index is 0.353. The number of hydrogen-bond donors (Lipinski definition) is 1. The number of fused-ring (bicyclic) bond motifs is 3. The minimum Gasteiger partial charge on any atom is -0.255 e. The number of benzene rings is 2. The second-order valence-corrected chi connectivity index (χ2v) is 9.41. The Kier molecular flexibility index (Phi) is 4.29. The zero-order chi connectivity index (χ0) is 18.4. The third kappa shape index (κ3) is 2.47. The number of thioether (sulfide) groups is 1. The molecule has 1 aliphatic heterocycles. The van der Waals surface area contributed by atoms with E-state index in [0.717, 1.165) is 33.5 Å². The summed E-state index contributed by atoms with van der Waals surface area (Å²) >= 11 is 1.77. The first-order valence-corrected chi connectivity index (χ1v) is 11.1. The molecule has 0 aliphatic carbocycles. The van der Waals surface area contributed by atoms with Crippen molar-refractivity contribution in [3.63, 3.8) is 0 Å². The summed E-state index contributed by atoms with van der Waals surface area (Å²) in [4.78, 5) is 5.72. The molecular formula is C20H20N2O2S2. The van der Waals surface area contributed by atoms with E-state index in [0.29, 0.717) is 12.0 Å². The lowest BCUT2D eigenvalue weighted by Gasteiger charge is -2.33. The molecule has 0 amide bonds. The topological polar surface area (TPSA) is 73.0 Å². The van der Waals surface area contributed by atoms with E-state index in [1.54, 1.807) is 11.8 Å². The third-order valence-electron chi connectivity index (χ3n) is 5.23. The van der Waals surface area contributed by atoms with Gasteiger partial charge in [-0.1, -0.05) is 49.4 Å². The molecule has 1 unspecified atom stereocenters. The van der Waals surface area contributed by atoms with Crippen LogP contribution in [-0.2, 0) is 21.2 Å². The Labute approximate surface area is 157 Å². The molecule has 3 aromatic rings. The van der Waals surface area contributed by atoms with Gasteiger partial charge in [-0.3, -0.25) is 4.98 Å². The predicted octanol–water partition coefficient (Wildman–Crippen LogP) is 3.83. The Bertz CT molecular complexity index is 1080.